The zero-order chi connectivity index (χ0) is 27.9. The molecule has 3 rings (SSSR count). The Balaban J connectivity index is 2.21. The first-order valence-corrected chi connectivity index (χ1v) is 14.2. The fourth-order valence-corrected chi connectivity index (χ4v) is 5.50. The first-order chi connectivity index (χ1) is 16.9. The lowest BCUT2D eigenvalue weighted by molar-refractivity contribution is 0.571. The molecule has 0 fully saturated rings. The van der Waals surface area contributed by atoms with E-state index in [-0.39, 0.29) is 16.2 Å². The number of benzene rings is 3. The van der Waals surface area contributed by atoms with Crippen molar-refractivity contribution in [2.75, 3.05) is 0 Å². The zero-order valence-corrected chi connectivity index (χ0v) is 26.1. The largest absolute Gasteiger partial charge is 0.0587 e. The summed E-state index contributed by atoms with van der Waals surface area (Å²) >= 11 is 0. The van der Waals surface area contributed by atoms with Crippen molar-refractivity contribution in [1.82, 2.24) is 0 Å². The molecule has 0 aliphatic carbocycles. The number of hydrogen-bond acceptors (Lipinski definition) is 0. The third-order valence-corrected chi connectivity index (χ3v) is 8.31. The lowest BCUT2D eigenvalue weighted by atomic mass is 9.74. The van der Waals surface area contributed by atoms with E-state index in [4.69, 9.17) is 0 Å². The maximum Gasteiger partial charge on any atom is 0.0100 e. The maximum absolute atomic E-state index is 2.51. The molecule has 0 amide bonds. The first-order valence-electron chi connectivity index (χ1n) is 14.2. The molecule has 0 heterocycles. The van der Waals surface area contributed by atoms with Gasteiger partial charge in [-0.15, -0.1) is 0 Å². The maximum atomic E-state index is 2.51. The SMILES string of the molecule is Cc1ccc(C(C)(C)C)cc1C(C)CC(c1cc(C(C)(C)C)ccc1C)c1cc(C(C)(C)C)ccc1C. The van der Waals surface area contributed by atoms with Crippen LogP contribution in [0.3, 0.4) is 0 Å². The van der Waals surface area contributed by atoms with E-state index in [2.05, 4.69) is 145 Å². The molecule has 0 bridgehead atoms. The number of rotatable bonds is 5. The van der Waals surface area contributed by atoms with Gasteiger partial charge in [0.1, 0.15) is 0 Å². The summed E-state index contributed by atoms with van der Waals surface area (Å²) < 4.78 is 0. The molecule has 0 aliphatic rings. The Morgan fingerprint density at radius 1 is 0.486 bits per heavy atom. The van der Waals surface area contributed by atoms with Gasteiger partial charge < -0.3 is 0 Å². The van der Waals surface area contributed by atoms with Gasteiger partial charge in [-0.05, 0) is 99.4 Å². The second kappa shape index (κ2) is 10.4. The van der Waals surface area contributed by atoms with Crippen LogP contribution >= 0.6 is 0 Å². The van der Waals surface area contributed by atoms with E-state index in [9.17, 15) is 0 Å². The Hall–Kier alpha value is -2.34. The minimum Gasteiger partial charge on any atom is -0.0587 e. The normalized spacial score (nSPS) is 13.8. The van der Waals surface area contributed by atoms with Crippen LogP contribution in [0.25, 0.3) is 0 Å². The Kier molecular flexibility index (Phi) is 8.24. The van der Waals surface area contributed by atoms with Crippen LogP contribution in [-0.4, -0.2) is 0 Å². The lowest BCUT2D eigenvalue weighted by Crippen LogP contribution is -2.17. The van der Waals surface area contributed by atoms with E-state index in [0.29, 0.717) is 11.8 Å². The van der Waals surface area contributed by atoms with Crippen LogP contribution in [0, 0.1) is 20.8 Å². The summed E-state index contributed by atoms with van der Waals surface area (Å²) in [7, 11) is 0. The van der Waals surface area contributed by atoms with Crippen molar-refractivity contribution in [2.45, 2.75) is 125 Å². The molecule has 1 atom stereocenters. The smallest absolute Gasteiger partial charge is 0.0100 e. The lowest BCUT2D eigenvalue weighted by Gasteiger charge is -2.30. The number of hydrogen-bond donors (Lipinski definition) is 0. The Morgan fingerprint density at radius 3 is 1.11 bits per heavy atom. The van der Waals surface area contributed by atoms with E-state index in [0.717, 1.165) is 6.42 Å². The van der Waals surface area contributed by atoms with Gasteiger partial charge in [0.2, 0.25) is 0 Å². The molecule has 200 valence electrons. The van der Waals surface area contributed by atoms with Gasteiger partial charge in [-0.2, -0.15) is 0 Å². The Morgan fingerprint density at radius 2 is 0.784 bits per heavy atom. The summed E-state index contributed by atoms with van der Waals surface area (Å²) in [6.45, 7) is 30.2. The molecule has 0 aliphatic heterocycles. The number of aryl methyl sites for hydroxylation is 3. The molecule has 0 saturated heterocycles. The summed E-state index contributed by atoms with van der Waals surface area (Å²) in [6, 6.07) is 21.5. The molecule has 0 radical (unpaired) electrons. The fraction of sp³-hybridized carbons (Fsp3) is 0.514. The topological polar surface area (TPSA) is 0 Å². The molecule has 0 nitrogen and oxygen atoms in total. The van der Waals surface area contributed by atoms with Crippen LogP contribution in [-0.2, 0) is 16.2 Å². The summed E-state index contributed by atoms with van der Waals surface area (Å²) in [4.78, 5) is 0. The Bertz CT molecular complexity index is 1170. The molecule has 0 N–H and O–H groups in total. The van der Waals surface area contributed by atoms with E-state index >= 15 is 0 Å². The summed E-state index contributed by atoms with van der Waals surface area (Å²) in [5.41, 5.74) is 13.3. The van der Waals surface area contributed by atoms with Gasteiger partial charge in [-0.1, -0.05) is 124 Å². The van der Waals surface area contributed by atoms with Gasteiger partial charge in [-0.25, -0.2) is 0 Å². The highest BCUT2D eigenvalue weighted by atomic mass is 14.3. The van der Waals surface area contributed by atoms with Gasteiger partial charge in [0.25, 0.3) is 0 Å². The van der Waals surface area contributed by atoms with Crippen molar-refractivity contribution >= 4 is 0 Å². The second-order valence-corrected chi connectivity index (χ2v) is 14.7. The standard InChI is InChI=1S/C37H52/c1-24-14-17-28(35(5,6)7)21-31(24)27(4)20-34(32-22-29(36(8,9)10)18-15-25(32)2)33-23-30(37(11,12)13)19-16-26(33)3/h14-19,21-23,27,34H,20H2,1-13H3. The molecule has 0 heteroatoms. The van der Waals surface area contributed by atoms with E-state index < -0.39 is 0 Å². The molecule has 3 aromatic rings. The minimum atomic E-state index is 0.124. The highest BCUT2D eigenvalue weighted by Gasteiger charge is 2.27. The van der Waals surface area contributed by atoms with Crippen LogP contribution in [0.1, 0.15) is 138 Å². The van der Waals surface area contributed by atoms with Gasteiger partial charge in [0.15, 0.2) is 0 Å². The second-order valence-electron chi connectivity index (χ2n) is 14.7. The van der Waals surface area contributed by atoms with Crippen LogP contribution in [0.2, 0.25) is 0 Å². The van der Waals surface area contributed by atoms with Gasteiger partial charge in [0, 0.05) is 5.92 Å². The van der Waals surface area contributed by atoms with Crippen molar-refractivity contribution in [3.63, 3.8) is 0 Å². The van der Waals surface area contributed by atoms with Gasteiger partial charge in [0.05, 0.1) is 0 Å². The fourth-order valence-electron chi connectivity index (χ4n) is 5.50. The molecule has 0 spiro atoms. The van der Waals surface area contributed by atoms with Crippen molar-refractivity contribution in [3.8, 4) is 0 Å². The average Bonchev–Trinajstić information content (AvgIpc) is 2.76. The molecule has 0 aromatic heterocycles. The van der Waals surface area contributed by atoms with Crippen LogP contribution in [0.4, 0.5) is 0 Å². The van der Waals surface area contributed by atoms with Crippen molar-refractivity contribution < 1.29 is 0 Å². The molecule has 37 heavy (non-hydrogen) atoms. The monoisotopic (exact) mass is 496 g/mol. The van der Waals surface area contributed by atoms with Crippen LogP contribution in [0.5, 0.6) is 0 Å². The molecular formula is C37H52. The van der Waals surface area contributed by atoms with Crippen molar-refractivity contribution in [2.24, 2.45) is 0 Å². The van der Waals surface area contributed by atoms with Gasteiger partial charge in [-0.3, -0.25) is 0 Å². The summed E-state index contributed by atoms with van der Waals surface area (Å²) in [6.07, 6.45) is 1.09. The third kappa shape index (κ3) is 6.76. The Labute approximate surface area is 228 Å². The molecule has 3 aromatic carbocycles. The van der Waals surface area contributed by atoms with E-state index in [1.165, 1.54) is 50.1 Å². The predicted octanol–water partition coefficient (Wildman–Crippen LogP) is 10.8. The average molecular weight is 497 g/mol. The van der Waals surface area contributed by atoms with Crippen molar-refractivity contribution in [1.29, 1.82) is 0 Å². The van der Waals surface area contributed by atoms with Gasteiger partial charge >= 0.3 is 0 Å². The highest BCUT2D eigenvalue weighted by molar-refractivity contribution is 5.47. The zero-order valence-electron chi connectivity index (χ0n) is 26.1. The predicted molar refractivity (Wildman–Crippen MR) is 165 cm³/mol. The molecular weight excluding hydrogens is 444 g/mol. The third-order valence-electron chi connectivity index (χ3n) is 8.31. The summed E-state index contributed by atoms with van der Waals surface area (Å²) in [5.74, 6) is 0.792. The molecule has 1 unspecified atom stereocenters. The first kappa shape index (κ1) is 29.2. The van der Waals surface area contributed by atoms with E-state index in [1.54, 1.807) is 0 Å². The van der Waals surface area contributed by atoms with E-state index in [1.807, 2.05) is 0 Å². The van der Waals surface area contributed by atoms with Crippen molar-refractivity contribution in [3.05, 3.63) is 105 Å². The molecule has 0 saturated carbocycles. The highest BCUT2D eigenvalue weighted by Crippen LogP contribution is 2.41. The van der Waals surface area contributed by atoms with Crippen LogP contribution < -0.4 is 0 Å². The minimum absolute atomic E-state index is 0.124. The van der Waals surface area contributed by atoms with Crippen LogP contribution in [0.15, 0.2) is 54.6 Å². The quantitative estimate of drug-likeness (QED) is 0.329. The summed E-state index contributed by atoms with van der Waals surface area (Å²) in [5, 5.41) is 0.